The van der Waals surface area contributed by atoms with Gasteiger partial charge in [-0.1, -0.05) is 5.11 Å². The Hall–Kier alpha value is -1.26. The number of rotatable bonds is 4. The van der Waals surface area contributed by atoms with E-state index in [-0.39, 0.29) is 13.0 Å². The minimum absolute atomic E-state index is 0.0306. The van der Waals surface area contributed by atoms with Crippen molar-refractivity contribution < 1.29 is 9.90 Å². The molecule has 0 heterocycles. The normalized spacial score (nSPS) is 11.7. The summed E-state index contributed by atoms with van der Waals surface area (Å²) in [5, 5.41) is 11.3. The van der Waals surface area contributed by atoms with E-state index in [0.29, 0.717) is 0 Å². The van der Waals surface area contributed by atoms with E-state index in [4.69, 9.17) is 16.4 Å². The fourth-order valence-corrected chi connectivity index (χ4v) is 0.430. The molecule has 0 aliphatic carbocycles. The van der Waals surface area contributed by atoms with Gasteiger partial charge in [-0.05, 0) is 5.53 Å². The number of aliphatic carboxylic acids is 1. The van der Waals surface area contributed by atoms with Crippen molar-refractivity contribution >= 4 is 5.97 Å². The van der Waals surface area contributed by atoms with Gasteiger partial charge in [-0.2, -0.15) is 0 Å². The van der Waals surface area contributed by atoms with Crippen molar-refractivity contribution in [2.45, 2.75) is 12.5 Å². The predicted octanol–water partition coefficient (Wildman–Crippen LogP) is 0.0987. The van der Waals surface area contributed by atoms with Gasteiger partial charge in [-0.25, -0.2) is 0 Å². The van der Waals surface area contributed by atoms with Gasteiger partial charge in [0, 0.05) is 17.5 Å². The molecule has 0 radical (unpaired) electrons. The summed E-state index contributed by atoms with van der Waals surface area (Å²) in [4.78, 5) is 12.4. The van der Waals surface area contributed by atoms with E-state index in [1.54, 1.807) is 0 Å². The highest BCUT2D eigenvalue weighted by Crippen LogP contribution is 1.88. The number of hydrogen-bond acceptors (Lipinski definition) is 3. The molecule has 0 bridgehead atoms. The van der Waals surface area contributed by atoms with Gasteiger partial charge in [0.1, 0.15) is 0 Å². The maximum Gasteiger partial charge on any atom is 0.304 e. The van der Waals surface area contributed by atoms with Crippen molar-refractivity contribution in [3.63, 3.8) is 0 Å². The first-order valence-corrected chi connectivity index (χ1v) is 2.65. The first kappa shape index (κ1) is 8.74. The zero-order chi connectivity index (χ0) is 7.98. The number of azide groups is 1. The zero-order valence-corrected chi connectivity index (χ0v) is 5.27. The van der Waals surface area contributed by atoms with E-state index < -0.39 is 12.0 Å². The molecule has 3 N–H and O–H groups in total. The SMILES string of the molecule is [N-]=[N+]=NC[C@@H](N)CC(=O)O. The van der Waals surface area contributed by atoms with Crippen LogP contribution < -0.4 is 5.73 Å². The molecule has 0 aliphatic heterocycles. The molecule has 6 nitrogen and oxygen atoms in total. The molecule has 0 aliphatic rings. The molecule has 0 rings (SSSR count). The highest BCUT2D eigenvalue weighted by molar-refractivity contribution is 5.67. The van der Waals surface area contributed by atoms with E-state index in [9.17, 15) is 4.79 Å². The van der Waals surface area contributed by atoms with Gasteiger partial charge in [0.2, 0.25) is 0 Å². The van der Waals surface area contributed by atoms with Crippen molar-refractivity contribution in [2.75, 3.05) is 6.54 Å². The third kappa shape index (κ3) is 4.89. The number of nitrogens with zero attached hydrogens (tertiary/aromatic N) is 3. The van der Waals surface area contributed by atoms with Crippen LogP contribution in [-0.2, 0) is 4.79 Å². The Bertz CT molecular complexity index is 159. The smallest absolute Gasteiger partial charge is 0.304 e. The van der Waals surface area contributed by atoms with Gasteiger partial charge in [-0.15, -0.1) is 0 Å². The Morgan fingerprint density at radius 1 is 1.90 bits per heavy atom. The van der Waals surface area contributed by atoms with Crippen LogP contribution in [-0.4, -0.2) is 23.7 Å². The highest BCUT2D eigenvalue weighted by Gasteiger charge is 2.05. The molecule has 0 aromatic heterocycles. The van der Waals surface area contributed by atoms with Gasteiger partial charge >= 0.3 is 5.97 Å². The summed E-state index contributed by atoms with van der Waals surface area (Å²) in [6, 6.07) is -0.576. The van der Waals surface area contributed by atoms with Crippen LogP contribution in [0.25, 0.3) is 10.4 Å². The van der Waals surface area contributed by atoms with Gasteiger partial charge in [0.05, 0.1) is 6.42 Å². The lowest BCUT2D eigenvalue weighted by Gasteiger charge is -2.01. The molecule has 0 aromatic carbocycles. The summed E-state index contributed by atoms with van der Waals surface area (Å²) in [6.45, 7) is 0.0306. The lowest BCUT2D eigenvalue weighted by atomic mass is 10.2. The first-order chi connectivity index (χ1) is 4.66. The third-order valence-electron chi connectivity index (χ3n) is 0.816. The Morgan fingerprint density at radius 3 is 2.90 bits per heavy atom. The van der Waals surface area contributed by atoms with Crippen molar-refractivity contribution in [2.24, 2.45) is 10.8 Å². The second-order valence-electron chi connectivity index (χ2n) is 1.77. The number of carboxylic acids is 1. The molecular formula is C4H8N4O2. The fraction of sp³-hybridized carbons (Fsp3) is 0.750. The monoisotopic (exact) mass is 144 g/mol. The molecule has 0 aromatic rings. The summed E-state index contributed by atoms with van der Waals surface area (Å²) in [5.74, 6) is -0.986. The Morgan fingerprint density at radius 2 is 2.50 bits per heavy atom. The molecule has 56 valence electrons. The Balaban J connectivity index is 3.52. The molecule has 0 unspecified atom stereocenters. The average Bonchev–Trinajstić information content (AvgIpc) is 1.82. The predicted molar refractivity (Wildman–Crippen MR) is 34.2 cm³/mol. The van der Waals surface area contributed by atoms with Gasteiger partial charge in [-0.3, -0.25) is 4.79 Å². The number of hydrogen-bond donors (Lipinski definition) is 2. The van der Waals surface area contributed by atoms with E-state index in [1.807, 2.05) is 0 Å². The molecule has 1 atom stereocenters. The van der Waals surface area contributed by atoms with Crippen molar-refractivity contribution in [3.05, 3.63) is 10.4 Å². The van der Waals surface area contributed by atoms with Gasteiger partial charge < -0.3 is 10.8 Å². The topological polar surface area (TPSA) is 112 Å². The van der Waals surface area contributed by atoms with Crippen LogP contribution in [0.1, 0.15) is 6.42 Å². The Kier molecular flexibility index (Phi) is 4.02. The van der Waals surface area contributed by atoms with Crippen LogP contribution in [0.15, 0.2) is 5.11 Å². The van der Waals surface area contributed by atoms with Crippen molar-refractivity contribution in [1.29, 1.82) is 0 Å². The third-order valence-corrected chi connectivity index (χ3v) is 0.816. The quantitative estimate of drug-likeness (QED) is 0.331. The summed E-state index contributed by atoms with van der Waals surface area (Å²) in [7, 11) is 0. The summed E-state index contributed by atoms with van der Waals surface area (Å²) < 4.78 is 0. The highest BCUT2D eigenvalue weighted by atomic mass is 16.4. The van der Waals surface area contributed by atoms with Crippen LogP contribution >= 0.6 is 0 Å². The molecule has 0 fully saturated rings. The largest absolute Gasteiger partial charge is 0.481 e. The maximum absolute atomic E-state index is 9.96. The van der Waals surface area contributed by atoms with Crippen LogP contribution in [0.4, 0.5) is 0 Å². The molecular weight excluding hydrogens is 136 g/mol. The maximum atomic E-state index is 9.96. The van der Waals surface area contributed by atoms with Crippen LogP contribution in [0, 0.1) is 0 Å². The van der Waals surface area contributed by atoms with E-state index in [2.05, 4.69) is 10.0 Å². The number of carbonyl (C=O) groups is 1. The van der Waals surface area contributed by atoms with Crippen LogP contribution in [0.3, 0.4) is 0 Å². The first-order valence-electron chi connectivity index (χ1n) is 2.65. The van der Waals surface area contributed by atoms with Crippen molar-refractivity contribution in [3.8, 4) is 0 Å². The lowest BCUT2D eigenvalue weighted by Crippen LogP contribution is -2.26. The number of nitrogens with two attached hydrogens (primary N) is 1. The summed E-state index contributed by atoms with van der Waals surface area (Å²) >= 11 is 0. The minimum Gasteiger partial charge on any atom is -0.481 e. The molecule has 6 heteroatoms. The van der Waals surface area contributed by atoms with Gasteiger partial charge in [0.25, 0.3) is 0 Å². The molecule has 0 saturated carbocycles. The lowest BCUT2D eigenvalue weighted by molar-refractivity contribution is -0.137. The molecule has 0 spiro atoms. The van der Waals surface area contributed by atoms with E-state index >= 15 is 0 Å². The fourth-order valence-electron chi connectivity index (χ4n) is 0.430. The van der Waals surface area contributed by atoms with Crippen LogP contribution in [0.2, 0.25) is 0 Å². The molecule has 0 amide bonds. The number of carboxylic acid groups (broad SMARTS) is 1. The molecule has 0 saturated heterocycles. The second-order valence-corrected chi connectivity index (χ2v) is 1.77. The van der Waals surface area contributed by atoms with E-state index in [0.717, 1.165) is 0 Å². The average molecular weight is 144 g/mol. The summed E-state index contributed by atoms with van der Waals surface area (Å²) in [5.41, 5.74) is 13.0. The minimum atomic E-state index is -0.986. The standard InChI is InChI=1S/C4H8N4O2/c5-3(1-4(9)10)2-7-8-6/h3H,1-2,5H2,(H,9,10)/t3-/m0/s1. The van der Waals surface area contributed by atoms with Crippen LogP contribution in [0.5, 0.6) is 0 Å². The zero-order valence-electron chi connectivity index (χ0n) is 5.27. The van der Waals surface area contributed by atoms with Crippen molar-refractivity contribution in [1.82, 2.24) is 0 Å². The van der Waals surface area contributed by atoms with E-state index in [1.165, 1.54) is 0 Å². The Labute approximate surface area is 57.3 Å². The summed E-state index contributed by atoms with van der Waals surface area (Å²) in [6.07, 6.45) is -0.168. The molecule has 10 heavy (non-hydrogen) atoms. The van der Waals surface area contributed by atoms with Gasteiger partial charge in [0.15, 0.2) is 0 Å². The second kappa shape index (κ2) is 4.60.